The number of nitriles is 1. The second-order valence-corrected chi connectivity index (χ2v) is 3.89. The van der Waals surface area contributed by atoms with Crippen LogP contribution in [-0.4, -0.2) is 36.2 Å². The minimum atomic E-state index is 0.596. The van der Waals surface area contributed by atoms with Crippen LogP contribution in [0.25, 0.3) is 0 Å². The lowest BCUT2D eigenvalue weighted by Crippen LogP contribution is -2.35. The molecule has 1 aliphatic rings. The Labute approximate surface area is 95.1 Å². The first-order valence-corrected chi connectivity index (χ1v) is 5.40. The lowest BCUT2D eigenvalue weighted by Gasteiger charge is -2.21. The van der Waals surface area contributed by atoms with E-state index in [-0.39, 0.29) is 0 Å². The van der Waals surface area contributed by atoms with Gasteiger partial charge in [0, 0.05) is 32.4 Å². The highest BCUT2D eigenvalue weighted by molar-refractivity contribution is 5.41. The van der Waals surface area contributed by atoms with Crippen LogP contribution >= 0.6 is 0 Å². The van der Waals surface area contributed by atoms with E-state index in [1.807, 2.05) is 11.1 Å². The minimum Gasteiger partial charge on any atom is -0.355 e. The van der Waals surface area contributed by atoms with Crippen molar-refractivity contribution >= 4 is 5.82 Å². The quantitative estimate of drug-likeness (QED) is 0.687. The number of hydrogen-bond donors (Lipinski definition) is 1. The Morgan fingerprint density at radius 1 is 1.25 bits per heavy atom. The van der Waals surface area contributed by atoms with Crippen LogP contribution in [0.2, 0.25) is 0 Å². The number of aromatic nitrogens is 1. The maximum absolute atomic E-state index is 8.69. The highest BCUT2D eigenvalue weighted by atomic mass is 15.4. The summed E-state index contributed by atoms with van der Waals surface area (Å²) in [6, 6.07) is 5.76. The topological polar surface area (TPSA) is 69.2 Å². The Kier molecular flexibility index (Phi) is 3.34. The van der Waals surface area contributed by atoms with Gasteiger partial charge >= 0.3 is 0 Å². The van der Waals surface area contributed by atoms with E-state index < -0.39 is 0 Å². The fraction of sp³-hybridized carbons (Fsp3) is 0.455. The summed E-state index contributed by atoms with van der Waals surface area (Å²) >= 11 is 0. The Morgan fingerprint density at radius 2 is 2.12 bits per heavy atom. The maximum atomic E-state index is 8.69. The highest BCUT2D eigenvalue weighted by Gasteiger charge is 2.13. The van der Waals surface area contributed by atoms with Gasteiger partial charge in [-0.2, -0.15) is 5.26 Å². The van der Waals surface area contributed by atoms with Gasteiger partial charge in [0.2, 0.25) is 0 Å². The number of nitrogens with zero attached hydrogens (tertiary/aromatic N) is 4. The third-order valence-electron chi connectivity index (χ3n) is 2.73. The molecule has 2 rings (SSSR count). The molecule has 5 heteroatoms. The lowest BCUT2D eigenvalue weighted by molar-refractivity contribution is 0.305. The van der Waals surface area contributed by atoms with Gasteiger partial charge in [-0.3, -0.25) is 5.84 Å². The zero-order chi connectivity index (χ0) is 11.4. The van der Waals surface area contributed by atoms with Crippen molar-refractivity contribution in [3.63, 3.8) is 0 Å². The van der Waals surface area contributed by atoms with Gasteiger partial charge in [-0.05, 0) is 18.6 Å². The molecule has 0 saturated carbocycles. The fourth-order valence-electron chi connectivity index (χ4n) is 1.81. The second kappa shape index (κ2) is 4.92. The van der Waals surface area contributed by atoms with Crippen LogP contribution in [-0.2, 0) is 0 Å². The molecule has 5 nitrogen and oxygen atoms in total. The van der Waals surface area contributed by atoms with E-state index in [4.69, 9.17) is 11.1 Å². The molecule has 84 valence electrons. The van der Waals surface area contributed by atoms with Crippen LogP contribution in [0.1, 0.15) is 12.0 Å². The number of hydrogen-bond acceptors (Lipinski definition) is 5. The number of rotatable bonds is 1. The van der Waals surface area contributed by atoms with Gasteiger partial charge < -0.3 is 4.90 Å². The minimum absolute atomic E-state index is 0.596. The molecule has 1 aliphatic heterocycles. The van der Waals surface area contributed by atoms with E-state index in [0.717, 1.165) is 38.4 Å². The van der Waals surface area contributed by atoms with Crippen LogP contribution in [0.3, 0.4) is 0 Å². The van der Waals surface area contributed by atoms with Crippen molar-refractivity contribution in [1.29, 1.82) is 5.26 Å². The smallest absolute Gasteiger partial charge is 0.128 e. The third-order valence-corrected chi connectivity index (χ3v) is 2.73. The summed E-state index contributed by atoms with van der Waals surface area (Å²) in [7, 11) is 0. The van der Waals surface area contributed by atoms with E-state index in [9.17, 15) is 0 Å². The molecule has 2 heterocycles. The van der Waals surface area contributed by atoms with Crippen LogP contribution in [0, 0.1) is 11.3 Å². The van der Waals surface area contributed by atoms with E-state index >= 15 is 0 Å². The summed E-state index contributed by atoms with van der Waals surface area (Å²) < 4.78 is 0. The van der Waals surface area contributed by atoms with Crippen LogP contribution in [0.5, 0.6) is 0 Å². The van der Waals surface area contributed by atoms with Gasteiger partial charge in [-0.15, -0.1) is 0 Å². The van der Waals surface area contributed by atoms with Crippen molar-refractivity contribution in [2.24, 2.45) is 5.84 Å². The molecule has 0 aromatic carbocycles. The molecule has 0 atom stereocenters. The lowest BCUT2D eigenvalue weighted by atomic mass is 10.3. The first-order valence-electron chi connectivity index (χ1n) is 5.40. The molecule has 0 unspecified atom stereocenters. The molecule has 0 bridgehead atoms. The average Bonchev–Trinajstić information content (AvgIpc) is 2.54. The maximum Gasteiger partial charge on any atom is 0.128 e. The van der Waals surface area contributed by atoms with Gasteiger partial charge in [0.25, 0.3) is 0 Å². The normalized spacial score (nSPS) is 17.9. The van der Waals surface area contributed by atoms with Crippen molar-refractivity contribution in [3.05, 3.63) is 23.9 Å². The number of pyridine rings is 1. The van der Waals surface area contributed by atoms with Crippen molar-refractivity contribution in [3.8, 4) is 6.07 Å². The standard InChI is InChI=1S/C11H15N5/c12-8-10-2-3-11(14-9-10)15-4-1-5-16(13)7-6-15/h2-3,9H,1,4-7,13H2. The van der Waals surface area contributed by atoms with E-state index in [2.05, 4.69) is 16.0 Å². The summed E-state index contributed by atoms with van der Waals surface area (Å²) in [4.78, 5) is 6.49. The number of nitrogens with two attached hydrogens (primary N) is 1. The summed E-state index contributed by atoms with van der Waals surface area (Å²) in [6.45, 7) is 3.62. The zero-order valence-electron chi connectivity index (χ0n) is 9.13. The van der Waals surface area contributed by atoms with E-state index in [1.54, 1.807) is 12.3 Å². The molecule has 2 N–H and O–H groups in total. The second-order valence-electron chi connectivity index (χ2n) is 3.89. The first kappa shape index (κ1) is 10.9. The predicted octanol–water partition coefficient (Wildman–Crippen LogP) is 0.339. The number of hydrazine groups is 1. The van der Waals surface area contributed by atoms with Crippen molar-refractivity contribution in [1.82, 2.24) is 9.99 Å². The first-order chi connectivity index (χ1) is 7.79. The predicted molar refractivity (Wildman–Crippen MR) is 61.5 cm³/mol. The van der Waals surface area contributed by atoms with E-state index in [1.165, 1.54) is 0 Å². The monoisotopic (exact) mass is 217 g/mol. The zero-order valence-corrected chi connectivity index (χ0v) is 9.13. The molecule has 0 spiro atoms. The molecule has 1 aromatic heterocycles. The summed E-state index contributed by atoms with van der Waals surface area (Å²) in [5.41, 5.74) is 0.596. The molecule has 1 fully saturated rings. The van der Waals surface area contributed by atoms with Crippen LogP contribution < -0.4 is 10.7 Å². The van der Waals surface area contributed by atoms with E-state index in [0.29, 0.717) is 5.56 Å². The highest BCUT2D eigenvalue weighted by Crippen LogP contribution is 2.13. The largest absolute Gasteiger partial charge is 0.355 e. The van der Waals surface area contributed by atoms with Crippen LogP contribution in [0.15, 0.2) is 18.3 Å². The van der Waals surface area contributed by atoms with Gasteiger partial charge in [0.15, 0.2) is 0 Å². The molecule has 0 amide bonds. The van der Waals surface area contributed by atoms with Crippen molar-refractivity contribution in [2.75, 3.05) is 31.1 Å². The summed E-state index contributed by atoms with van der Waals surface area (Å²) in [5, 5.41) is 10.5. The molecule has 0 aliphatic carbocycles. The summed E-state index contributed by atoms with van der Waals surface area (Å²) in [5.74, 6) is 6.69. The van der Waals surface area contributed by atoms with Crippen molar-refractivity contribution in [2.45, 2.75) is 6.42 Å². The Bertz CT molecular complexity index is 380. The Hall–Kier alpha value is -1.64. The molecular weight excluding hydrogens is 202 g/mol. The van der Waals surface area contributed by atoms with Gasteiger partial charge in [0.05, 0.1) is 5.56 Å². The average molecular weight is 217 g/mol. The third kappa shape index (κ3) is 2.48. The fourth-order valence-corrected chi connectivity index (χ4v) is 1.81. The molecule has 0 radical (unpaired) electrons. The van der Waals surface area contributed by atoms with Crippen LogP contribution in [0.4, 0.5) is 5.82 Å². The molecule has 16 heavy (non-hydrogen) atoms. The summed E-state index contributed by atoms with van der Waals surface area (Å²) in [6.07, 6.45) is 2.65. The van der Waals surface area contributed by atoms with Gasteiger partial charge in [0.1, 0.15) is 11.9 Å². The molecule has 1 aromatic rings. The number of anilines is 1. The SMILES string of the molecule is N#Cc1ccc(N2CCCN(N)CC2)nc1. The van der Waals surface area contributed by atoms with Gasteiger partial charge in [-0.1, -0.05) is 0 Å². The molecular formula is C11H15N5. The molecule has 1 saturated heterocycles. The van der Waals surface area contributed by atoms with Gasteiger partial charge in [-0.25, -0.2) is 9.99 Å². The Balaban J connectivity index is 2.08. The van der Waals surface area contributed by atoms with Crippen molar-refractivity contribution < 1.29 is 0 Å². The Morgan fingerprint density at radius 3 is 2.81 bits per heavy atom.